The molecular weight excluding hydrogens is 158 g/mol. The van der Waals surface area contributed by atoms with E-state index in [1.807, 2.05) is 0 Å². The predicted molar refractivity (Wildman–Crippen MR) is 56.8 cm³/mol. The zero-order valence-electron chi connectivity index (χ0n) is 8.94. The third-order valence-electron chi connectivity index (χ3n) is 3.98. The summed E-state index contributed by atoms with van der Waals surface area (Å²) in [6, 6.07) is 0.874. The van der Waals surface area contributed by atoms with Gasteiger partial charge in [0.2, 0.25) is 0 Å². The van der Waals surface area contributed by atoms with Crippen molar-refractivity contribution in [3.63, 3.8) is 0 Å². The van der Waals surface area contributed by atoms with Crippen LogP contribution in [-0.2, 0) is 0 Å². The molecule has 1 heteroatoms. The Balaban J connectivity index is 1.71. The molecule has 2 saturated carbocycles. The van der Waals surface area contributed by atoms with Crippen LogP contribution in [-0.4, -0.2) is 12.6 Å². The van der Waals surface area contributed by atoms with Crippen LogP contribution in [0, 0.1) is 5.41 Å². The van der Waals surface area contributed by atoms with Gasteiger partial charge in [-0.1, -0.05) is 32.6 Å². The summed E-state index contributed by atoms with van der Waals surface area (Å²) in [4.78, 5) is 0. The number of hydrogen-bond acceptors (Lipinski definition) is 1. The third kappa shape index (κ3) is 2.46. The molecule has 0 aliphatic heterocycles. The lowest BCUT2D eigenvalue weighted by atomic mass is 9.75. The smallest absolute Gasteiger partial charge is 0.00673 e. The van der Waals surface area contributed by atoms with Crippen LogP contribution in [0.1, 0.15) is 58.3 Å². The lowest BCUT2D eigenvalue weighted by Gasteiger charge is -2.37. The summed E-state index contributed by atoms with van der Waals surface area (Å²) in [6.07, 6.45) is 11.6. The van der Waals surface area contributed by atoms with Crippen molar-refractivity contribution >= 4 is 0 Å². The molecule has 0 saturated heterocycles. The molecule has 0 heterocycles. The molecular formula is C12H23N. The maximum Gasteiger partial charge on any atom is 0.00673 e. The van der Waals surface area contributed by atoms with E-state index >= 15 is 0 Å². The van der Waals surface area contributed by atoms with Crippen molar-refractivity contribution < 1.29 is 0 Å². The van der Waals surface area contributed by atoms with Crippen LogP contribution < -0.4 is 5.32 Å². The molecule has 2 fully saturated rings. The zero-order valence-corrected chi connectivity index (χ0v) is 8.94. The molecule has 1 N–H and O–H groups in total. The van der Waals surface area contributed by atoms with Gasteiger partial charge in [0, 0.05) is 12.6 Å². The molecule has 2 rings (SSSR count). The summed E-state index contributed by atoms with van der Waals surface area (Å²) >= 11 is 0. The highest BCUT2D eigenvalue weighted by Crippen LogP contribution is 2.35. The molecule has 13 heavy (non-hydrogen) atoms. The van der Waals surface area contributed by atoms with Gasteiger partial charge in [-0.2, -0.15) is 0 Å². The van der Waals surface area contributed by atoms with Gasteiger partial charge in [-0.05, 0) is 31.1 Å². The second-order valence-corrected chi connectivity index (χ2v) is 5.38. The van der Waals surface area contributed by atoms with Gasteiger partial charge in [-0.15, -0.1) is 0 Å². The van der Waals surface area contributed by atoms with Gasteiger partial charge in [-0.25, -0.2) is 0 Å². The van der Waals surface area contributed by atoms with Gasteiger partial charge in [0.15, 0.2) is 0 Å². The molecule has 1 nitrogen and oxygen atoms in total. The average molecular weight is 181 g/mol. The van der Waals surface area contributed by atoms with Crippen molar-refractivity contribution in [2.45, 2.75) is 64.3 Å². The molecule has 0 aromatic rings. The van der Waals surface area contributed by atoms with Gasteiger partial charge in [-0.3, -0.25) is 0 Å². The lowest BCUT2D eigenvalue weighted by Crippen LogP contribution is -2.42. The van der Waals surface area contributed by atoms with E-state index in [2.05, 4.69) is 12.2 Å². The molecule has 0 atom stereocenters. The van der Waals surface area contributed by atoms with Crippen LogP contribution >= 0.6 is 0 Å². The second-order valence-electron chi connectivity index (χ2n) is 5.38. The summed E-state index contributed by atoms with van der Waals surface area (Å²) in [7, 11) is 0. The van der Waals surface area contributed by atoms with Gasteiger partial charge < -0.3 is 5.32 Å². The Labute approximate surface area is 82.3 Å². The van der Waals surface area contributed by atoms with Crippen LogP contribution in [0.2, 0.25) is 0 Å². The van der Waals surface area contributed by atoms with Gasteiger partial charge >= 0.3 is 0 Å². The van der Waals surface area contributed by atoms with Crippen molar-refractivity contribution in [2.24, 2.45) is 5.41 Å². The summed E-state index contributed by atoms with van der Waals surface area (Å²) in [5, 5.41) is 3.73. The van der Waals surface area contributed by atoms with E-state index < -0.39 is 0 Å². The molecule has 0 aromatic heterocycles. The number of hydrogen-bond donors (Lipinski definition) is 1. The summed E-state index contributed by atoms with van der Waals surface area (Å²) in [6.45, 7) is 3.75. The molecule has 0 aromatic carbocycles. The Hall–Kier alpha value is -0.0400. The van der Waals surface area contributed by atoms with Crippen LogP contribution in [0.4, 0.5) is 0 Å². The molecule has 0 spiro atoms. The van der Waals surface area contributed by atoms with E-state index in [0.29, 0.717) is 5.41 Å². The van der Waals surface area contributed by atoms with Crippen molar-refractivity contribution in [3.05, 3.63) is 0 Å². The molecule has 0 unspecified atom stereocenters. The fourth-order valence-corrected chi connectivity index (χ4v) is 2.59. The van der Waals surface area contributed by atoms with Gasteiger partial charge in [0.1, 0.15) is 0 Å². The van der Waals surface area contributed by atoms with Crippen LogP contribution in [0.15, 0.2) is 0 Å². The Bertz CT molecular complexity index is 155. The van der Waals surface area contributed by atoms with Crippen molar-refractivity contribution in [1.82, 2.24) is 5.32 Å². The second kappa shape index (κ2) is 4.00. The van der Waals surface area contributed by atoms with Gasteiger partial charge in [0.05, 0.1) is 0 Å². The minimum Gasteiger partial charge on any atom is -0.313 e. The Kier molecular flexibility index (Phi) is 2.92. The van der Waals surface area contributed by atoms with E-state index in [1.165, 1.54) is 57.9 Å². The topological polar surface area (TPSA) is 12.0 Å². The maximum absolute atomic E-state index is 3.73. The highest BCUT2D eigenvalue weighted by molar-refractivity contribution is 4.84. The quantitative estimate of drug-likeness (QED) is 0.705. The fraction of sp³-hybridized carbons (Fsp3) is 1.00. The van der Waals surface area contributed by atoms with E-state index in [0.717, 1.165) is 6.04 Å². The Morgan fingerprint density at radius 2 is 1.77 bits per heavy atom. The lowest BCUT2D eigenvalue weighted by molar-refractivity contribution is 0.186. The normalized spacial score (nSPS) is 28.4. The van der Waals surface area contributed by atoms with Crippen molar-refractivity contribution in [1.29, 1.82) is 0 Å². The first-order valence-electron chi connectivity index (χ1n) is 6.02. The molecule has 0 radical (unpaired) electrons. The summed E-state index contributed by atoms with van der Waals surface area (Å²) in [5.74, 6) is 0. The fourth-order valence-electron chi connectivity index (χ4n) is 2.59. The Morgan fingerprint density at radius 3 is 2.31 bits per heavy atom. The van der Waals surface area contributed by atoms with Crippen molar-refractivity contribution in [3.8, 4) is 0 Å². The van der Waals surface area contributed by atoms with Crippen molar-refractivity contribution in [2.75, 3.05) is 6.54 Å². The zero-order chi connectivity index (χ0) is 9.15. The number of rotatable bonds is 3. The molecule has 2 aliphatic rings. The van der Waals surface area contributed by atoms with E-state index in [9.17, 15) is 0 Å². The first-order chi connectivity index (χ1) is 6.29. The van der Waals surface area contributed by atoms with Crippen LogP contribution in [0.25, 0.3) is 0 Å². The molecule has 76 valence electrons. The number of nitrogens with one attached hydrogen (secondary N) is 1. The van der Waals surface area contributed by atoms with E-state index in [1.54, 1.807) is 0 Å². The van der Waals surface area contributed by atoms with E-state index in [4.69, 9.17) is 0 Å². The predicted octanol–water partition coefficient (Wildman–Crippen LogP) is 3.10. The largest absolute Gasteiger partial charge is 0.313 e. The van der Waals surface area contributed by atoms with Gasteiger partial charge in [0.25, 0.3) is 0 Å². The van der Waals surface area contributed by atoms with E-state index in [-0.39, 0.29) is 0 Å². The highest BCUT2D eigenvalue weighted by atomic mass is 14.9. The average Bonchev–Trinajstić information content (AvgIpc) is 2.02. The third-order valence-corrected chi connectivity index (χ3v) is 3.98. The summed E-state index contributed by atoms with van der Waals surface area (Å²) < 4.78 is 0. The monoisotopic (exact) mass is 181 g/mol. The van der Waals surface area contributed by atoms with Crippen LogP contribution in [0.3, 0.4) is 0 Å². The maximum atomic E-state index is 3.73. The minimum absolute atomic E-state index is 0.633. The minimum atomic E-state index is 0.633. The Morgan fingerprint density at radius 1 is 1.08 bits per heavy atom. The molecule has 2 aliphatic carbocycles. The molecule has 0 bridgehead atoms. The molecule has 0 amide bonds. The SMILES string of the molecule is CC1(CNC2CCC2)CCCCC1. The first-order valence-corrected chi connectivity index (χ1v) is 6.02. The van der Waals surface area contributed by atoms with Crippen LogP contribution in [0.5, 0.6) is 0 Å². The summed E-state index contributed by atoms with van der Waals surface area (Å²) in [5.41, 5.74) is 0.633. The highest BCUT2D eigenvalue weighted by Gasteiger charge is 2.28. The standard InChI is InChI=1S/C12H23N/c1-12(8-3-2-4-9-12)10-13-11-6-5-7-11/h11,13H,2-10H2,1H3. The first kappa shape index (κ1) is 9.51.